The molecule has 94 valence electrons. The van der Waals surface area contributed by atoms with Crippen molar-refractivity contribution in [3.8, 4) is 17.1 Å². The molecule has 2 rings (SSSR count). The highest BCUT2D eigenvalue weighted by Gasteiger charge is 2.10. The van der Waals surface area contributed by atoms with Crippen molar-refractivity contribution in [1.82, 2.24) is 9.97 Å². The van der Waals surface area contributed by atoms with E-state index < -0.39 is 0 Å². The Balaban J connectivity index is 2.51. The van der Waals surface area contributed by atoms with Gasteiger partial charge in [0.2, 0.25) is 0 Å². The van der Waals surface area contributed by atoms with Gasteiger partial charge in [0.05, 0.1) is 19.3 Å². The van der Waals surface area contributed by atoms with Crippen LogP contribution in [0.15, 0.2) is 30.5 Å². The zero-order chi connectivity index (χ0) is 13.0. The monoisotopic (exact) mass is 244 g/mol. The number of aliphatic hydroxyl groups is 1. The van der Waals surface area contributed by atoms with E-state index in [1.54, 1.807) is 13.3 Å². The maximum Gasteiger partial charge on any atom is 0.163 e. The Bertz CT molecular complexity index is 541. The second-order valence-corrected chi connectivity index (χ2v) is 3.88. The number of para-hydroxylation sites is 1. The summed E-state index contributed by atoms with van der Waals surface area (Å²) in [4.78, 5) is 8.78. The van der Waals surface area contributed by atoms with Crippen molar-refractivity contribution >= 4 is 0 Å². The lowest BCUT2D eigenvalue weighted by molar-refractivity contribution is 0.279. The third-order valence-corrected chi connectivity index (χ3v) is 2.81. The first-order chi connectivity index (χ1) is 8.80. The largest absolute Gasteiger partial charge is 0.496 e. The van der Waals surface area contributed by atoms with Gasteiger partial charge in [-0.05, 0) is 18.6 Å². The molecule has 0 spiro atoms. The minimum absolute atomic E-state index is 0.0324. The molecule has 4 heteroatoms. The Kier molecular flexibility index (Phi) is 3.89. The Hall–Kier alpha value is -1.94. The summed E-state index contributed by atoms with van der Waals surface area (Å²) in [6.45, 7) is 1.98. The molecule has 0 atom stereocenters. The highest BCUT2D eigenvalue weighted by Crippen LogP contribution is 2.27. The van der Waals surface area contributed by atoms with Gasteiger partial charge in [0.1, 0.15) is 5.75 Å². The first-order valence-corrected chi connectivity index (χ1v) is 5.89. The molecule has 4 nitrogen and oxygen atoms in total. The minimum Gasteiger partial charge on any atom is -0.496 e. The van der Waals surface area contributed by atoms with E-state index in [9.17, 15) is 5.11 Å². The van der Waals surface area contributed by atoms with E-state index >= 15 is 0 Å². The van der Waals surface area contributed by atoms with Gasteiger partial charge >= 0.3 is 0 Å². The van der Waals surface area contributed by atoms with Gasteiger partial charge < -0.3 is 9.84 Å². The van der Waals surface area contributed by atoms with E-state index in [0.29, 0.717) is 5.82 Å². The van der Waals surface area contributed by atoms with Crippen molar-refractivity contribution in [2.24, 2.45) is 0 Å². The number of ether oxygens (including phenoxy) is 1. The molecule has 0 aliphatic rings. The fourth-order valence-electron chi connectivity index (χ4n) is 1.84. The highest BCUT2D eigenvalue weighted by molar-refractivity contribution is 5.64. The van der Waals surface area contributed by atoms with Gasteiger partial charge in [-0.3, -0.25) is 0 Å². The van der Waals surface area contributed by atoms with Gasteiger partial charge in [0.25, 0.3) is 0 Å². The predicted octanol–water partition coefficient (Wildman–Crippen LogP) is 2.21. The van der Waals surface area contributed by atoms with E-state index in [0.717, 1.165) is 29.0 Å². The normalized spacial score (nSPS) is 10.4. The van der Waals surface area contributed by atoms with Crippen LogP contribution in [0.5, 0.6) is 5.75 Å². The summed E-state index contributed by atoms with van der Waals surface area (Å²) in [6.07, 6.45) is 2.44. The number of aliphatic hydroxyl groups excluding tert-OH is 1. The van der Waals surface area contributed by atoms with Gasteiger partial charge in [-0.2, -0.15) is 0 Å². The third-order valence-electron chi connectivity index (χ3n) is 2.81. The Labute approximate surface area is 106 Å². The second-order valence-electron chi connectivity index (χ2n) is 3.88. The summed E-state index contributed by atoms with van der Waals surface area (Å²) in [5, 5.41) is 9.21. The molecule has 0 saturated heterocycles. The van der Waals surface area contributed by atoms with E-state index in [4.69, 9.17) is 4.74 Å². The van der Waals surface area contributed by atoms with Gasteiger partial charge in [-0.1, -0.05) is 19.1 Å². The standard InChI is InChI=1S/C14H16N2O2/c1-3-12-10(9-17)8-15-14(16-12)11-6-4-5-7-13(11)18-2/h4-8,17H,3,9H2,1-2H3. The fourth-order valence-corrected chi connectivity index (χ4v) is 1.84. The van der Waals surface area contributed by atoms with Crippen molar-refractivity contribution in [2.75, 3.05) is 7.11 Å². The van der Waals surface area contributed by atoms with Crippen LogP contribution in [0.25, 0.3) is 11.4 Å². The molecule has 0 unspecified atom stereocenters. The highest BCUT2D eigenvalue weighted by atomic mass is 16.5. The van der Waals surface area contributed by atoms with Crippen LogP contribution in [0.4, 0.5) is 0 Å². The lowest BCUT2D eigenvalue weighted by Crippen LogP contribution is -2.01. The molecule has 0 fully saturated rings. The van der Waals surface area contributed by atoms with E-state index in [2.05, 4.69) is 9.97 Å². The van der Waals surface area contributed by atoms with Crippen LogP contribution in [0, 0.1) is 0 Å². The van der Waals surface area contributed by atoms with Gasteiger partial charge in [0.15, 0.2) is 5.82 Å². The molecule has 0 aliphatic heterocycles. The van der Waals surface area contributed by atoms with Crippen LogP contribution >= 0.6 is 0 Å². The number of benzene rings is 1. The lowest BCUT2D eigenvalue weighted by Gasteiger charge is -2.09. The average molecular weight is 244 g/mol. The first-order valence-electron chi connectivity index (χ1n) is 5.89. The van der Waals surface area contributed by atoms with Crippen LogP contribution in [0.1, 0.15) is 18.2 Å². The summed E-state index contributed by atoms with van der Waals surface area (Å²) in [7, 11) is 1.63. The first kappa shape index (κ1) is 12.5. The van der Waals surface area contributed by atoms with Crippen molar-refractivity contribution < 1.29 is 9.84 Å². The van der Waals surface area contributed by atoms with Crippen LogP contribution < -0.4 is 4.74 Å². The second kappa shape index (κ2) is 5.60. The summed E-state index contributed by atoms with van der Waals surface area (Å²) in [6, 6.07) is 7.63. The number of rotatable bonds is 4. The van der Waals surface area contributed by atoms with Crippen LogP contribution in [0.3, 0.4) is 0 Å². The number of aromatic nitrogens is 2. The molecule has 0 bridgehead atoms. The molecule has 1 aromatic carbocycles. The number of hydrogen-bond acceptors (Lipinski definition) is 4. The van der Waals surface area contributed by atoms with E-state index in [1.165, 1.54) is 0 Å². The number of methoxy groups -OCH3 is 1. The van der Waals surface area contributed by atoms with Crippen molar-refractivity contribution in [3.63, 3.8) is 0 Å². The van der Waals surface area contributed by atoms with E-state index in [1.807, 2.05) is 31.2 Å². The summed E-state index contributed by atoms with van der Waals surface area (Å²) >= 11 is 0. The smallest absolute Gasteiger partial charge is 0.163 e. The minimum atomic E-state index is -0.0324. The Morgan fingerprint density at radius 2 is 2.06 bits per heavy atom. The number of nitrogens with zero attached hydrogens (tertiary/aromatic N) is 2. The molecular weight excluding hydrogens is 228 g/mol. The molecule has 1 heterocycles. The number of aryl methyl sites for hydroxylation is 1. The van der Waals surface area contributed by atoms with Gasteiger partial charge in [-0.15, -0.1) is 0 Å². The predicted molar refractivity (Wildman–Crippen MR) is 69.3 cm³/mol. The molecule has 0 saturated carbocycles. The van der Waals surface area contributed by atoms with Crippen molar-refractivity contribution in [3.05, 3.63) is 41.7 Å². The van der Waals surface area contributed by atoms with Gasteiger partial charge in [-0.25, -0.2) is 9.97 Å². The van der Waals surface area contributed by atoms with Crippen LogP contribution in [0.2, 0.25) is 0 Å². The van der Waals surface area contributed by atoms with Crippen LogP contribution in [-0.2, 0) is 13.0 Å². The topological polar surface area (TPSA) is 55.2 Å². The zero-order valence-corrected chi connectivity index (χ0v) is 10.6. The van der Waals surface area contributed by atoms with E-state index in [-0.39, 0.29) is 6.61 Å². The maximum atomic E-state index is 9.21. The molecular formula is C14H16N2O2. The summed E-state index contributed by atoms with van der Waals surface area (Å²) in [5.41, 5.74) is 2.50. The third kappa shape index (κ3) is 2.33. The Morgan fingerprint density at radius 3 is 2.72 bits per heavy atom. The van der Waals surface area contributed by atoms with Crippen molar-refractivity contribution in [1.29, 1.82) is 0 Å². The average Bonchev–Trinajstić information content (AvgIpc) is 2.46. The van der Waals surface area contributed by atoms with Crippen LogP contribution in [-0.4, -0.2) is 22.2 Å². The lowest BCUT2D eigenvalue weighted by atomic mass is 10.1. The molecule has 1 N–H and O–H groups in total. The summed E-state index contributed by atoms with van der Waals surface area (Å²) < 4.78 is 5.30. The Morgan fingerprint density at radius 1 is 1.28 bits per heavy atom. The molecule has 1 aromatic heterocycles. The zero-order valence-electron chi connectivity index (χ0n) is 10.6. The molecule has 0 amide bonds. The van der Waals surface area contributed by atoms with Gasteiger partial charge in [0, 0.05) is 17.5 Å². The fraction of sp³-hybridized carbons (Fsp3) is 0.286. The molecule has 0 aliphatic carbocycles. The molecule has 0 radical (unpaired) electrons. The SMILES string of the molecule is CCc1nc(-c2ccccc2OC)ncc1CO. The van der Waals surface area contributed by atoms with Crippen molar-refractivity contribution in [2.45, 2.75) is 20.0 Å². The molecule has 18 heavy (non-hydrogen) atoms. The maximum absolute atomic E-state index is 9.21. The number of hydrogen-bond donors (Lipinski definition) is 1. The molecule has 2 aromatic rings. The quantitative estimate of drug-likeness (QED) is 0.895. The summed E-state index contributed by atoms with van der Waals surface area (Å²) in [5.74, 6) is 1.37.